The highest BCUT2D eigenvalue weighted by molar-refractivity contribution is 6.31. The Morgan fingerprint density at radius 1 is 1.19 bits per heavy atom. The Morgan fingerprint density at radius 3 is 2.48 bits per heavy atom. The number of aromatic nitrogens is 2. The molecule has 21 heavy (non-hydrogen) atoms. The molecule has 0 spiro atoms. The molecule has 5 heteroatoms. The summed E-state index contributed by atoms with van der Waals surface area (Å²) in [6, 6.07) is 10.9. The van der Waals surface area contributed by atoms with Crippen LogP contribution in [0.15, 0.2) is 36.4 Å². The van der Waals surface area contributed by atoms with E-state index in [0.717, 1.165) is 16.8 Å². The van der Waals surface area contributed by atoms with Gasteiger partial charge in [-0.1, -0.05) is 29.3 Å². The molecule has 0 aliphatic rings. The largest absolute Gasteiger partial charge is 0.295 e. The van der Waals surface area contributed by atoms with Crippen LogP contribution < -0.4 is 0 Å². The number of hydrogen-bond acceptors (Lipinski definition) is 1. The van der Waals surface area contributed by atoms with Crippen molar-refractivity contribution in [2.45, 2.75) is 19.2 Å². The summed E-state index contributed by atoms with van der Waals surface area (Å²) < 4.78 is 15.5. The van der Waals surface area contributed by atoms with Crippen LogP contribution in [-0.2, 0) is 0 Å². The number of nitrogens with zero attached hydrogens (tertiary/aromatic N) is 2. The van der Waals surface area contributed by atoms with Crippen LogP contribution in [0.25, 0.3) is 16.7 Å². The van der Waals surface area contributed by atoms with Gasteiger partial charge in [-0.3, -0.25) is 4.57 Å². The maximum Gasteiger partial charge on any atom is 0.144 e. The standard InChI is InChI=1S/C16H13Cl2FN2/c1-9-3-5-11(6-4-9)21-15-7-12(18)13(19)8-14(15)20-16(21)10(2)17/h3-8,10H,1-2H3. The minimum Gasteiger partial charge on any atom is -0.295 e. The molecule has 3 rings (SSSR count). The second kappa shape index (κ2) is 5.32. The number of imidazole rings is 1. The molecule has 0 radical (unpaired) electrons. The molecule has 0 saturated carbocycles. The van der Waals surface area contributed by atoms with E-state index in [1.54, 1.807) is 6.07 Å². The van der Waals surface area contributed by atoms with Gasteiger partial charge in [0.1, 0.15) is 11.6 Å². The third-order valence-corrected chi connectivity index (χ3v) is 3.86. The van der Waals surface area contributed by atoms with Crippen LogP contribution in [0.2, 0.25) is 5.02 Å². The topological polar surface area (TPSA) is 17.8 Å². The lowest BCUT2D eigenvalue weighted by Crippen LogP contribution is -2.01. The third-order valence-electron chi connectivity index (χ3n) is 3.37. The van der Waals surface area contributed by atoms with Crippen molar-refractivity contribution in [1.82, 2.24) is 9.55 Å². The number of rotatable bonds is 2. The fourth-order valence-electron chi connectivity index (χ4n) is 2.32. The lowest BCUT2D eigenvalue weighted by atomic mass is 10.2. The van der Waals surface area contributed by atoms with Gasteiger partial charge in [-0.15, -0.1) is 11.6 Å². The molecule has 0 fully saturated rings. The fraction of sp³-hybridized carbons (Fsp3) is 0.188. The quantitative estimate of drug-likeness (QED) is 0.575. The second-order valence-electron chi connectivity index (χ2n) is 5.01. The molecular weight excluding hydrogens is 310 g/mol. The van der Waals surface area contributed by atoms with E-state index in [4.69, 9.17) is 23.2 Å². The normalized spacial score (nSPS) is 12.8. The Balaban J connectivity index is 2.35. The maximum atomic E-state index is 13.6. The maximum absolute atomic E-state index is 13.6. The third kappa shape index (κ3) is 2.52. The number of fused-ring (bicyclic) bond motifs is 1. The van der Waals surface area contributed by atoms with Crippen LogP contribution >= 0.6 is 23.2 Å². The van der Waals surface area contributed by atoms with Crippen LogP contribution in [0.5, 0.6) is 0 Å². The van der Waals surface area contributed by atoms with Gasteiger partial charge in [0.15, 0.2) is 0 Å². The van der Waals surface area contributed by atoms with Crippen LogP contribution in [0, 0.1) is 12.7 Å². The summed E-state index contributed by atoms with van der Waals surface area (Å²) in [7, 11) is 0. The van der Waals surface area contributed by atoms with Gasteiger partial charge in [-0.2, -0.15) is 0 Å². The molecule has 0 aliphatic heterocycles. The van der Waals surface area contributed by atoms with Crippen LogP contribution in [-0.4, -0.2) is 9.55 Å². The number of benzene rings is 2. The predicted octanol–water partition coefficient (Wildman–Crippen LogP) is 5.43. The van der Waals surface area contributed by atoms with E-state index >= 15 is 0 Å². The first-order valence-corrected chi connectivity index (χ1v) is 7.37. The van der Waals surface area contributed by atoms with Gasteiger partial charge in [-0.25, -0.2) is 9.37 Å². The van der Waals surface area contributed by atoms with E-state index in [2.05, 4.69) is 4.98 Å². The van der Waals surface area contributed by atoms with Gasteiger partial charge in [-0.05, 0) is 32.0 Å². The molecule has 0 bridgehead atoms. The van der Waals surface area contributed by atoms with Gasteiger partial charge >= 0.3 is 0 Å². The first-order valence-electron chi connectivity index (χ1n) is 6.56. The molecule has 1 atom stereocenters. The smallest absolute Gasteiger partial charge is 0.144 e. The van der Waals surface area contributed by atoms with Crippen LogP contribution in [0.4, 0.5) is 4.39 Å². The molecule has 3 aromatic rings. The summed E-state index contributed by atoms with van der Waals surface area (Å²) in [5.41, 5.74) is 3.37. The highest BCUT2D eigenvalue weighted by Gasteiger charge is 2.18. The van der Waals surface area contributed by atoms with Crippen molar-refractivity contribution < 1.29 is 4.39 Å². The SMILES string of the molecule is Cc1ccc(-n2c(C(C)Cl)nc3cc(F)c(Cl)cc32)cc1. The number of hydrogen-bond donors (Lipinski definition) is 0. The highest BCUT2D eigenvalue weighted by atomic mass is 35.5. The first kappa shape index (κ1) is 14.4. The van der Waals surface area contributed by atoms with E-state index < -0.39 is 5.82 Å². The molecule has 1 aromatic heterocycles. The van der Waals surface area contributed by atoms with Crippen LogP contribution in [0.1, 0.15) is 23.7 Å². The molecule has 1 heterocycles. The predicted molar refractivity (Wildman–Crippen MR) is 85.0 cm³/mol. The Kier molecular flexibility index (Phi) is 3.64. The molecule has 0 N–H and O–H groups in total. The Bertz CT molecular complexity index is 807. The minimum atomic E-state index is -0.480. The second-order valence-corrected chi connectivity index (χ2v) is 6.07. The fourth-order valence-corrected chi connectivity index (χ4v) is 2.63. The van der Waals surface area contributed by atoms with E-state index in [9.17, 15) is 4.39 Å². The van der Waals surface area contributed by atoms with Gasteiger partial charge in [0.05, 0.1) is 21.4 Å². The summed E-state index contributed by atoms with van der Waals surface area (Å²) >= 11 is 12.1. The summed E-state index contributed by atoms with van der Waals surface area (Å²) in [5, 5.41) is -0.231. The van der Waals surface area contributed by atoms with Gasteiger partial charge in [0, 0.05) is 11.8 Å². The highest BCUT2D eigenvalue weighted by Crippen LogP contribution is 2.31. The van der Waals surface area contributed by atoms with Crippen molar-refractivity contribution in [2.24, 2.45) is 0 Å². The van der Waals surface area contributed by atoms with Crippen molar-refractivity contribution in [3.8, 4) is 5.69 Å². The number of halogens is 3. The summed E-state index contributed by atoms with van der Waals surface area (Å²) in [4.78, 5) is 4.45. The van der Waals surface area contributed by atoms with E-state index in [-0.39, 0.29) is 10.4 Å². The van der Waals surface area contributed by atoms with Gasteiger partial charge < -0.3 is 0 Å². The molecule has 108 valence electrons. The molecule has 0 saturated heterocycles. The monoisotopic (exact) mass is 322 g/mol. The molecule has 0 aliphatic carbocycles. The average molecular weight is 323 g/mol. The summed E-state index contributed by atoms with van der Waals surface area (Å²) in [6.07, 6.45) is 0. The zero-order chi connectivity index (χ0) is 15.1. The average Bonchev–Trinajstić information content (AvgIpc) is 2.79. The van der Waals surface area contributed by atoms with Crippen molar-refractivity contribution in [1.29, 1.82) is 0 Å². The molecule has 1 unspecified atom stereocenters. The Hall–Kier alpha value is -1.58. The zero-order valence-electron chi connectivity index (χ0n) is 11.6. The molecule has 2 aromatic carbocycles. The van der Waals surface area contributed by atoms with Crippen molar-refractivity contribution in [3.63, 3.8) is 0 Å². The molecular formula is C16H13Cl2FN2. The Labute approximate surface area is 132 Å². The molecule has 0 amide bonds. The number of aryl methyl sites for hydroxylation is 1. The van der Waals surface area contributed by atoms with Gasteiger partial charge in [0.25, 0.3) is 0 Å². The summed E-state index contributed by atoms with van der Waals surface area (Å²) in [6.45, 7) is 3.86. The number of alkyl halides is 1. The summed E-state index contributed by atoms with van der Waals surface area (Å²) in [5.74, 6) is 0.184. The van der Waals surface area contributed by atoms with Crippen LogP contribution in [0.3, 0.4) is 0 Å². The van der Waals surface area contributed by atoms with E-state index in [0.29, 0.717) is 11.3 Å². The minimum absolute atomic E-state index is 0.0736. The molecule has 2 nitrogen and oxygen atoms in total. The van der Waals surface area contributed by atoms with Crippen molar-refractivity contribution >= 4 is 34.2 Å². The van der Waals surface area contributed by atoms with Gasteiger partial charge in [0.2, 0.25) is 0 Å². The first-order chi connectivity index (χ1) is 9.97. The van der Waals surface area contributed by atoms with Crippen molar-refractivity contribution in [2.75, 3.05) is 0 Å². The Morgan fingerprint density at radius 2 is 1.86 bits per heavy atom. The zero-order valence-corrected chi connectivity index (χ0v) is 13.1. The van der Waals surface area contributed by atoms with Crippen molar-refractivity contribution in [3.05, 3.63) is 58.6 Å². The van der Waals surface area contributed by atoms with E-state index in [1.165, 1.54) is 6.07 Å². The lowest BCUT2D eigenvalue weighted by Gasteiger charge is -2.11. The van der Waals surface area contributed by atoms with E-state index in [1.807, 2.05) is 42.7 Å². The lowest BCUT2D eigenvalue weighted by molar-refractivity contribution is 0.630.